The van der Waals surface area contributed by atoms with Crippen LogP contribution in [0.3, 0.4) is 0 Å². The van der Waals surface area contributed by atoms with Gasteiger partial charge in [0.25, 0.3) is 0 Å². The zero-order valence-electron chi connectivity index (χ0n) is 12.7. The van der Waals surface area contributed by atoms with Crippen molar-refractivity contribution >= 4 is 28.4 Å². The summed E-state index contributed by atoms with van der Waals surface area (Å²) in [6.45, 7) is 7.22. The largest absolute Gasteiger partial charge is 0.369 e. The lowest BCUT2D eigenvalue weighted by atomic mass is 10.1. The molecule has 110 valence electrons. The van der Waals surface area contributed by atoms with E-state index in [-0.39, 0.29) is 0 Å². The molecule has 21 heavy (non-hydrogen) atoms. The first kappa shape index (κ1) is 14.8. The van der Waals surface area contributed by atoms with Crippen molar-refractivity contribution in [1.29, 1.82) is 0 Å². The van der Waals surface area contributed by atoms with Crippen LogP contribution in [0, 0.1) is 17.4 Å². The summed E-state index contributed by atoms with van der Waals surface area (Å²) >= 11 is 2.38. The summed E-state index contributed by atoms with van der Waals surface area (Å²) in [5.41, 5.74) is 4.84. The van der Waals surface area contributed by atoms with Crippen LogP contribution in [0.5, 0.6) is 0 Å². The lowest BCUT2D eigenvalue weighted by molar-refractivity contribution is 0.972. The number of nitrogens with zero attached hydrogens (tertiary/aromatic N) is 2. The second-order valence-electron chi connectivity index (χ2n) is 5.78. The van der Waals surface area contributed by atoms with Crippen LogP contribution in [0.15, 0.2) is 18.2 Å². The zero-order chi connectivity index (χ0) is 15.0. The van der Waals surface area contributed by atoms with Crippen molar-refractivity contribution in [2.75, 3.05) is 11.9 Å². The molecule has 1 fully saturated rings. The minimum atomic E-state index is 0.627. The van der Waals surface area contributed by atoms with E-state index in [2.05, 4.69) is 66.9 Å². The summed E-state index contributed by atoms with van der Waals surface area (Å²) in [4.78, 5) is 9.63. The minimum Gasteiger partial charge on any atom is -0.369 e. The molecule has 1 aliphatic rings. The summed E-state index contributed by atoms with van der Waals surface area (Å²) in [5.74, 6) is 2.45. The Balaban J connectivity index is 2.12. The van der Waals surface area contributed by atoms with Crippen LogP contribution in [0.2, 0.25) is 0 Å². The number of benzene rings is 1. The predicted octanol–water partition coefficient (Wildman–Crippen LogP) is 4.67. The first-order valence-electron chi connectivity index (χ1n) is 7.48. The Labute approximate surface area is 139 Å². The SMILES string of the molecule is CCNc1nc(-c2cc(C)cc(C)c2)nc(C2CC2)c1I. The molecule has 3 nitrogen and oxygen atoms in total. The summed E-state index contributed by atoms with van der Waals surface area (Å²) in [6.07, 6.45) is 2.51. The van der Waals surface area contributed by atoms with Gasteiger partial charge in [-0.25, -0.2) is 9.97 Å². The topological polar surface area (TPSA) is 37.8 Å². The third kappa shape index (κ3) is 3.20. The standard InChI is InChI=1S/C17H20IN3/c1-4-19-17-14(18)15(12-5-6-12)20-16(21-17)13-8-10(2)7-11(3)9-13/h7-9,12H,4-6H2,1-3H3,(H,19,20,21). The summed E-state index contributed by atoms with van der Waals surface area (Å²) in [5, 5.41) is 3.38. The fourth-order valence-electron chi connectivity index (χ4n) is 2.61. The first-order valence-corrected chi connectivity index (χ1v) is 8.56. The van der Waals surface area contributed by atoms with Gasteiger partial charge in [0.1, 0.15) is 5.82 Å². The molecule has 1 aromatic heterocycles. The van der Waals surface area contributed by atoms with E-state index < -0.39 is 0 Å². The number of hydrogen-bond acceptors (Lipinski definition) is 3. The average Bonchev–Trinajstić information content (AvgIpc) is 3.24. The molecule has 1 aliphatic carbocycles. The molecule has 1 saturated carbocycles. The van der Waals surface area contributed by atoms with Crippen LogP contribution in [0.1, 0.15) is 42.5 Å². The van der Waals surface area contributed by atoms with Crippen molar-refractivity contribution in [3.63, 3.8) is 0 Å². The highest BCUT2D eigenvalue weighted by Crippen LogP contribution is 2.43. The van der Waals surface area contributed by atoms with Crippen molar-refractivity contribution in [3.8, 4) is 11.4 Å². The van der Waals surface area contributed by atoms with E-state index >= 15 is 0 Å². The van der Waals surface area contributed by atoms with Gasteiger partial charge in [-0.15, -0.1) is 0 Å². The molecular formula is C17H20IN3. The quantitative estimate of drug-likeness (QED) is 0.767. The molecule has 0 bridgehead atoms. The van der Waals surface area contributed by atoms with E-state index in [1.807, 2.05) is 0 Å². The molecule has 1 aromatic carbocycles. The molecule has 0 atom stereocenters. The molecule has 0 saturated heterocycles. The van der Waals surface area contributed by atoms with Crippen LogP contribution in [-0.4, -0.2) is 16.5 Å². The third-order valence-electron chi connectivity index (χ3n) is 3.67. The maximum absolute atomic E-state index is 4.87. The van der Waals surface area contributed by atoms with Gasteiger partial charge in [-0.2, -0.15) is 0 Å². The molecular weight excluding hydrogens is 373 g/mol. The van der Waals surface area contributed by atoms with Crippen molar-refractivity contribution in [1.82, 2.24) is 9.97 Å². The van der Waals surface area contributed by atoms with Gasteiger partial charge >= 0.3 is 0 Å². The summed E-state index contributed by atoms with van der Waals surface area (Å²) in [6, 6.07) is 6.52. The van der Waals surface area contributed by atoms with Gasteiger partial charge in [-0.1, -0.05) is 17.2 Å². The number of aryl methyl sites for hydroxylation is 2. The van der Waals surface area contributed by atoms with Crippen molar-refractivity contribution in [2.24, 2.45) is 0 Å². The Kier molecular flexibility index (Phi) is 4.15. The number of nitrogens with one attached hydrogen (secondary N) is 1. The monoisotopic (exact) mass is 393 g/mol. The van der Waals surface area contributed by atoms with Crippen LogP contribution in [-0.2, 0) is 0 Å². The van der Waals surface area contributed by atoms with Crippen molar-refractivity contribution < 1.29 is 0 Å². The second kappa shape index (κ2) is 5.91. The highest BCUT2D eigenvalue weighted by Gasteiger charge is 2.29. The van der Waals surface area contributed by atoms with Crippen LogP contribution >= 0.6 is 22.6 Å². The molecule has 0 aliphatic heterocycles. The van der Waals surface area contributed by atoms with Gasteiger partial charge in [0.2, 0.25) is 0 Å². The van der Waals surface area contributed by atoms with Crippen LogP contribution in [0.4, 0.5) is 5.82 Å². The van der Waals surface area contributed by atoms with Crippen molar-refractivity contribution in [2.45, 2.75) is 39.5 Å². The fourth-order valence-corrected chi connectivity index (χ4v) is 3.48. The molecule has 0 unspecified atom stereocenters. The molecule has 4 heteroatoms. The second-order valence-corrected chi connectivity index (χ2v) is 6.85. The number of halogens is 1. The lowest BCUT2D eigenvalue weighted by Gasteiger charge is -2.12. The van der Waals surface area contributed by atoms with Gasteiger partial charge in [-0.05, 0) is 68.3 Å². The Morgan fingerprint density at radius 2 is 1.81 bits per heavy atom. The molecule has 2 aromatic rings. The molecule has 0 spiro atoms. The fraction of sp³-hybridized carbons (Fsp3) is 0.412. The summed E-state index contributed by atoms with van der Waals surface area (Å²) in [7, 11) is 0. The zero-order valence-corrected chi connectivity index (χ0v) is 14.9. The van der Waals surface area contributed by atoms with Gasteiger partial charge in [0.15, 0.2) is 5.82 Å². The van der Waals surface area contributed by atoms with Gasteiger partial charge in [-0.3, -0.25) is 0 Å². The Hall–Kier alpha value is -1.17. The first-order chi connectivity index (χ1) is 10.1. The van der Waals surface area contributed by atoms with Crippen LogP contribution < -0.4 is 5.32 Å². The van der Waals surface area contributed by atoms with Crippen LogP contribution in [0.25, 0.3) is 11.4 Å². The number of rotatable bonds is 4. The normalized spacial score (nSPS) is 14.3. The smallest absolute Gasteiger partial charge is 0.161 e. The van der Waals surface area contributed by atoms with E-state index in [0.29, 0.717) is 5.92 Å². The highest BCUT2D eigenvalue weighted by atomic mass is 127. The number of anilines is 1. The number of aromatic nitrogens is 2. The van der Waals surface area contributed by atoms with Gasteiger partial charge in [0, 0.05) is 18.0 Å². The lowest BCUT2D eigenvalue weighted by Crippen LogP contribution is -2.07. The maximum atomic E-state index is 4.87. The molecule has 0 radical (unpaired) electrons. The van der Waals surface area contributed by atoms with E-state index in [9.17, 15) is 0 Å². The molecule has 0 amide bonds. The van der Waals surface area contributed by atoms with E-state index in [0.717, 1.165) is 23.8 Å². The Morgan fingerprint density at radius 3 is 2.38 bits per heavy atom. The average molecular weight is 393 g/mol. The van der Waals surface area contributed by atoms with Gasteiger partial charge < -0.3 is 5.32 Å². The molecule has 3 rings (SSSR count). The maximum Gasteiger partial charge on any atom is 0.161 e. The van der Waals surface area contributed by atoms with E-state index in [1.54, 1.807) is 0 Å². The summed E-state index contributed by atoms with van der Waals surface area (Å²) < 4.78 is 1.19. The third-order valence-corrected chi connectivity index (χ3v) is 4.73. The van der Waals surface area contributed by atoms with E-state index in [1.165, 1.54) is 33.2 Å². The minimum absolute atomic E-state index is 0.627. The number of hydrogen-bond donors (Lipinski definition) is 1. The highest BCUT2D eigenvalue weighted by molar-refractivity contribution is 14.1. The Bertz CT molecular complexity index is 658. The predicted molar refractivity (Wildman–Crippen MR) is 95.8 cm³/mol. The molecule has 1 N–H and O–H groups in total. The van der Waals surface area contributed by atoms with E-state index in [4.69, 9.17) is 9.97 Å². The van der Waals surface area contributed by atoms with Crippen molar-refractivity contribution in [3.05, 3.63) is 38.6 Å². The molecule has 1 heterocycles. The van der Waals surface area contributed by atoms with Gasteiger partial charge in [0.05, 0.1) is 9.26 Å². The Morgan fingerprint density at radius 1 is 1.14 bits per heavy atom.